The number of hydrogen-bond acceptors (Lipinski definition) is 3. The Kier molecular flexibility index (Phi) is 5.51. The maximum atomic E-state index is 5.86. The van der Waals surface area contributed by atoms with E-state index in [1.54, 1.807) is 0 Å². The lowest BCUT2D eigenvalue weighted by Gasteiger charge is -2.16. The Labute approximate surface area is 147 Å². The molecule has 3 aromatic rings. The molecule has 0 saturated carbocycles. The van der Waals surface area contributed by atoms with Crippen LogP contribution in [0.3, 0.4) is 0 Å². The topological polar surface area (TPSA) is 30.3 Å². The fraction of sp³-hybridized carbons (Fsp3) is 0.211. The number of aromatic nitrogens is 2. The van der Waals surface area contributed by atoms with Crippen LogP contribution in [0, 0.1) is 0 Å². The highest BCUT2D eigenvalue weighted by Gasteiger charge is 2.05. The van der Waals surface area contributed by atoms with Crippen molar-refractivity contribution in [1.82, 2.24) is 14.7 Å². The summed E-state index contributed by atoms with van der Waals surface area (Å²) in [4.78, 5) is 2.21. The van der Waals surface area contributed by atoms with Crippen LogP contribution in [0.4, 0.5) is 0 Å². The van der Waals surface area contributed by atoms with Crippen LogP contribution in [0.1, 0.15) is 5.56 Å². The van der Waals surface area contributed by atoms with Crippen LogP contribution < -0.4 is 4.74 Å². The maximum Gasteiger partial charge on any atom is 0.119 e. The van der Waals surface area contributed by atoms with E-state index in [9.17, 15) is 0 Å². The number of nitrogens with zero attached hydrogens (tertiary/aromatic N) is 3. The van der Waals surface area contributed by atoms with Crippen LogP contribution in [0.5, 0.6) is 5.75 Å². The van der Waals surface area contributed by atoms with E-state index in [-0.39, 0.29) is 0 Å². The molecule has 0 bridgehead atoms. The summed E-state index contributed by atoms with van der Waals surface area (Å²) < 4.78 is 7.62. The Balaban J connectivity index is 1.47. The van der Waals surface area contributed by atoms with Gasteiger partial charge in [0.1, 0.15) is 12.4 Å². The zero-order chi connectivity index (χ0) is 16.8. The minimum atomic E-state index is 0.630. The molecule has 1 aromatic heterocycles. The van der Waals surface area contributed by atoms with Crippen molar-refractivity contribution in [3.8, 4) is 11.4 Å². The third-order valence-electron chi connectivity index (χ3n) is 3.66. The van der Waals surface area contributed by atoms with Crippen LogP contribution in [0.25, 0.3) is 5.69 Å². The average molecular weight is 342 g/mol. The number of rotatable bonds is 7. The molecule has 0 amide bonds. The van der Waals surface area contributed by atoms with Crippen molar-refractivity contribution in [3.63, 3.8) is 0 Å². The van der Waals surface area contributed by atoms with Crippen LogP contribution in [0.2, 0.25) is 5.02 Å². The van der Waals surface area contributed by atoms with Crippen LogP contribution in [-0.2, 0) is 6.54 Å². The molecule has 124 valence electrons. The van der Waals surface area contributed by atoms with Crippen LogP contribution in [-0.4, -0.2) is 34.9 Å². The molecule has 0 unspecified atom stereocenters. The van der Waals surface area contributed by atoms with Crippen molar-refractivity contribution in [3.05, 3.63) is 77.6 Å². The molecule has 4 nitrogen and oxygen atoms in total. The Bertz CT molecular complexity index is 756. The van der Waals surface area contributed by atoms with E-state index in [0.29, 0.717) is 6.61 Å². The molecule has 0 aliphatic rings. The predicted octanol–water partition coefficient (Wildman–Crippen LogP) is 4.04. The van der Waals surface area contributed by atoms with E-state index in [4.69, 9.17) is 16.3 Å². The second kappa shape index (κ2) is 7.99. The predicted molar refractivity (Wildman–Crippen MR) is 96.8 cm³/mol. The van der Waals surface area contributed by atoms with Gasteiger partial charge in [-0.25, -0.2) is 4.68 Å². The summed E-state index contributed by atoms with van der Waals surface area (Å²) in [5.41, 5.74) is 2.24. The first kappa shape index (κ1) is 16.6. The lowest BCUT2D eigenvalue weighted by molar-refractivity contribution is 0.233. The van der Waals surface area contributed by atoms with E-state index in [2.05, 4.69) is 23.2 Å². The quantitative estimate of drug-likeness (QED) is 0.649. The Morgan fingerprint density at radius 3 is 2.58 bits per heavy atom. The molecular formula is C19H20ClN3O. The Morgan fingerprint density at radius 2 is 1.83 bits per heavy atom. The number of benzene rings is 2. The van der Waals surface area contributed by atoms with Gasteiger partial charge in [-0.1, -0.05) is 29.8 Å². The molecule has 0 atom stereocenters. The standard InChI is InChI=1S/C19H20ClN3O/c1-22(11-12-24-19-9-7-17(20)8-10-19)14-16-13-21-23(15-16)18-5-3-2-4-6-18/h2-10,13,15H,11-12,14H2,1H3. The minimum Gasteiger partial charge on any atom is -0.492 e. The molecule has 0 N–H and O–H groups in total. The molecule has 0 fully saturated rings. The summed E-state index contributed by atoms with van der Waals surface area (Å²) in [5.74, 6) is 0.838. The van der Waals surface area contributed by atoms with Gasteiger partial charge in [0.25, 0.3) is 0 Å². The number of halogens is 1. The number of ether oxygens (including phenoxy) is 1. The van der Waals surface area contributed by atoms with Crippen molar-refractivity contribution in [2.75, 3.05) is 20.2 Å². The van der Waals surface area contributed by atoms with Gasteiger partial charge in [-0.15, -0.1) is 0 Å². The largest absolute Gasteiger partial charge is 0.492 e. The van der Waals surface area contributed by atoms with E-state index in [1.165, 1.54) is 5.56 Å². The monoisotopic (exact) mass is 341 g/mol. The summed E-state index contributed by atoms with van der Waals surface area (Å²) >= 11 is 5.86. The van der Waals surface area contributed by atoms with Gasteiger partial charge >= 0.3 is 0 Å². The smallest absolute Gasteiger partial charge is 0.119 e. The normalized spacial score (nSPS) is 11.0. The SMILES string of the molecule is CN(CCOc1ccc(Cl)cc1)Cc1cnn(-c2ccccc2)c1. The summed E-state index contributed by atoms with van der Waals surface area (Å²) in [7, 11) is 2.07. The Hall–Kier alpha value is -2.30. The minimum absolute atomic E-state index is 0.630. The van der Waals surface area contributed by atoms with Crippen molar-refractivity contribution >= 4 is 11.6 Å². The van der Waals surface area contributed by atoms with Crippen molar-refractivity contribution in [2.45, 2.75) is 6.54 Å². The van der Waals surface area contributed by atoms with E-state index >= 15 is 0 Å². The second-order valence-electron chi connectivity index (χ2n) is 5.67. The first-order valence-corrected chi connectivity index (χ1v) is 8.24. The lowest BCUT2D eigenvalue weighted by atomic mass is 10.3. The fourth-order valence-electron chi connectivity index (χ4n) is 2.40. The molecule has 0 radical (unpaired) electrons. The molecular weight excluding hydrogens is 322 g/mol. The molecule has 3 rings (SSSR count). The zero-order valence-electron chi connectivity index (χ0n) is 13.6. The van der Waals surface area contributed by atoms with Gasteiger partial charge in [0.2, 0.25) is 0 Å². The zero-order valence-corrected chi connectivity index (χ0v) is 14.4. The summed E-state index contributed by atoms with van der Waals surface area (Å²) in [6.07, 6.45) is 3.97. The average Bonchev–Trinajstić information content (AvgIpc) is 3.06. The van der Waals surface area contributed by atoms with E-state index < -0.39 is 0 Å². The first-order valence-electron chi connectivity index (χ1n) is 7.86. The molecule has 0 saturated heterocycles. The van der Waals surface area contributed by atoms with Gasteiger partial charge < -0.3 is 4.74 Å². The summed E-state index contributed by atoms with van der Waals surface area (Å²) in [6.45, 7) is 2.29. The molecule has 24 heavy (non-hydrogen) atoms. The van der Waals surface area contributed by atoms with Crippen molar-refractivity contribution in [2.24, 2.45) is 0 Å². The third kappa shape index (κ3) is 4.60. The van der Waals surface area contributed by atoms with Gasteiger partial charge in [0.05, 0.1) is 11.9 Å². The number of likely N-dealkylation sites (N-methyl/N-ethyl adjacent to an activating group) is 1. The van der Waals surface area contributed by atoms with Gasteiger partial charge in [-0.3, -0.25) is 4.90 Å². The summed E-state index contributed by atoms with van der Waals surface area (Å²) in [6, 6.07) is 17.5. The highest BCUT2D eigenvalue weighted by Crippen LogP contribution is 2.15. The second-order valence-corrected chi connectivity index (χ2v) is 6.11. The van der Waals surface area contributed by atoms with Gasteiger partial charge in [0, 0.05) is 29.9 Å². The molecule has 2 aromatic carbocycles. The molecule has 0 aliphatic carbocycles. The maximum absolute atomic E-state index is 5.86. The highest BCUT2D eigenvalue weighted by atomic mass is 35.5. The van der Waals surface area contributed by atoms with Gasteiger partial charge in [-0.05, 0) is 43.4 Å². The molecule has 0 spiro atoms. The summed E-state index contributed by atoms with van der Waals surface area (Å²) in [5, 5.41) is 5.14. The van der Waals surface area contributed by atoms with E-state index in [0.717, 1.165) is 29.5 Å². The Morgan fingerprint density at radius 1 is 1.08 bits per heavy atom. The molecule has 0 aliphatic heterocycles. The first-order chi connectivity index (χ1) is 11.7. The van der Waals surface area contributed by atoms with Crippen molar-refractivity contribution < 1.29 is 4.74 Å². The third-order valence-corrected chi connectivity index (χ3v) is 3.92. The highest BCUT2D eigenvalue weighted by molar-refractivity contribution is 6.30. The van der Waals surface area contributed by atoms with Gasteiger partial charge in [-0.2, -0.15) is 5.10 Å². The molecule has 5 heteroatoms. The van der Waals surface area contributed by atoms with Crippen molar-refractivity contribution in [1.29, 1.82) is 0 Å². The van der Waals surface area contributed by atoms with E-state index in [1.807, 2.05) is 65.5 Å². The molecule has 1 heterocycles. The fourth-order valence-corrected chi connectivity index (χ4v) is 2.53. The van der Waals surface area contributed by atoms with Gasteiger partial charge in [0.15, 0.2) is 0 Å². The van der Waals surface area contributed by atoms with Crippen LogP contribution >= 0.6 is 11.6 Å². The number of hydrogen-bond donors (Lipinski definition) is 0. The number of para-hydroxylation sites is 1. The van der Waals surface area contributed by atoms with Crippen LogP contribution in [0.15, 0.2) is 67.0 Å². The lowest BCUT2D eigenvalue weighted by Crippen LogP contribution is -2.23.